The zero-order chi connectivity index (χ0) is 14.9. The molecule has 1 aliphatic rings. The van der Waals surface area contributed by atoms with E-state index in [0.29, 0.717) is 24.6 Å². The SMILES string of the molecule is CC(C)(C)c1nnsc1C(=O)N1CCOC(C(N)=S)C1. The van der Waals surface area contributed by atoms with Gasteiger partial charge in [-0.25, -0.2) is 0 Å². The van der Waals surface area contributed by atoms with Gasteiger partial charge in [0.1, 0.15) is 16.0 Å². The summed E-state index contributed by atoms with van der Waals surface area (Å²) in [5.41, 5.74) is 6.11. The normalized spacial score (nSPS) is 19.9. The van der Waals surface area contributed by atoms with Crippen LogP contribution in [-0.2, 0) is 10.2 Å². The Morgan fingerprint density at radius 2 is 2.25 bits per heavy atom. The number of rotatable bonds is 2. The van der Waals surface area contributed by atoms with Crippen LogP contribution < -0.4 is 5.73 Å². The minimum Gasteiger partial charge on any atom is -0.391 e. The predicted molar refractivity (Wildman–Crippen MR) is 81.0 cm³/mol. The monoisotopic (exact) mass is 314 g/mol. The average molecular weight is 314 g/mol. The summed E-state index contributed by atoms with van der Waals surface area (Å²) in [7, 11) is 0. The summed E-state index contributed by atoms with van der Waals surface area (Å²) in [6, 6.07) is 0. The second kappa shape index (κ2) is 5.71. The molecule has 110 valence electrons. The first-order valence-corrected chi connectivity index (χ1v) is 7.52. The van der Waals surface area contributed by atoms with E-state index in [1.54, 1.807) is 4.90 Å². The first kappa shape index (κ1) is 15.3. The number of ether oxygens (including phenoxy) is 1. The van der Waals surface area contributed by atoms with Crippen molar-refractivity contribution in [1.29, 1.82) is 0 Å². The Labute approximate surface area is 127 Å². The van der Waals surface area contributed by atoms with Crippen molar-refractivity contribution < 1.29 is 9.53 Å². The van der Waals surface area contributed by atoms with Gasteiger partial charge in [-0.3, -0.25) is 4.79 Å². The Bertz CT molecular complexity index is 524. The maximum Gasteiger partial charge on any atom is 0.267 e. The van der Waals surface area contributed by atoms with Gasteiger partial charge in [0.05, 0.1) is 18.8 Å². The van der Waals surface area contributed by atoms with Gasteiger partial charge in [-0.15, -0.1) is 5.10 Å². The van der Waals surface area contributed by atoms with E-state index < -0.39 is 0 Å². The number of amides is 1. The molecule has 1 amide bonds. The number of carbonyl (C=O) groups excluding carboxylic acids is 1. The summed E-state index contributed by atoms with van der Waals surface area (Å²) in [4.78, 5) is 15.2. The Hall–Kier alpha value is -1.12. The molecule has 1 fully saturated rings. The largest absolute Gasteiger partial charge is 0.391 e. The lowest BCUT2D eigenvalue weighted by Crippen LogP contribution is -2.50. The summed E-state index contributed by atoms with van der Waals surface area (Å²) in [6.45, 7) is 7.38. The molecule has 2 N–H and O–H groups in total. The molecule has 1 saturated heterocycles. The zero-order valence-electron chi connectivity index (χ0n) is 11.8. The van der Waals surface area contributed by atoms with Crippen LogP contribution >= 0.6 is 23.8 Å². The molecule has 0 bridgehead atoms. The lowest BCUT2D eigenvalue weighted by Gasteiger charge is -2.32. The second-order valence-electron chi connectivity index (χ2n) is 5.71. The fourth-order valence-corrected chi connectivity index (χ4v) is 2.96. The molecule has 1 unspecified atom stereocenters. The highest BCUT2D eigenvalue weighted by molar-refractivity contribution is 7.80. The van der Waals surface area contributed by atoms with Crippen LogP contribution in [0.15, 0.2) is 0 Å². The van der Waals surface area contributed by atoms with Crippen molar-refractivity contribution in [2.24, 2.45) is 5.73 Å². The number of nitrogens with zero attached hydrogens (tertiary/aromatic N) is 3. The highest BCUT2D eigenvalue weighted by Gasteiger charge is 2.32. The van der Waals surface area contributed by atoms with E-state index in [1.165, 1.54) is 0 Å². The van der Waals surface area contributed by atoms with Gasteiger partial charge in [-0.1, -0.05) is 37.5 Å². The Morgan fingerprint density at radius 3 is 2.85 bits per heavy atom. The lowest BCUT2D eigenvalue weighted by atomic mass is 9.91. The van der Waals surface area contributed by atoms with Crippen LogP contribution in [0, 0.1) is 0 Å². The maximum absolute atomic E-state index is 12.6. The van der Waals surface area contributed by atoms with Crippen LogP contribution in [0.25, 0.3) is 0 Å². The fourth-order valence-electron chi connectivity index (χ4n) is 1.97. The topological polar surface area (TPSA) is 81.3 Å². The molecule has 6 nitrogen and oxygen atoms in total. The molecule has 1 aromatic rings. The average Bonchev–Trinajstić information content (AvgIpc) is 2.87. The summed E-state index contributed by atoms with van der Waals surface area (Å²) >= 11 is 6.06. The number of hydrogen-bond donors (Lipinski definition) is 1. The third-order valence-electron chi connectivity index (χ3n) is 3.06. The van der Waals surface area contributed by atoms with E-state index in [9.17, 15) is 4.79 Å². The van der Waals surface area contributed by atoms with E-state index in [2.05, 4.69) is 9.59 Å². The van der Waals surface area contributed by atoms with Crippen LogP contribution in [0.5, 0.6) is 0 Å². The Morgan fingerprint density at radius 1 is 1.55 bits per heavy atom. The molecular formula is C12H18N4O2S2. The minimum atomic E-state index is -0.373. The molecule has 0 spiro atoms. The van der Waals surface area contributed by atoms with Crippen LogP contribution in [0.3, 0.4) is 0 Å². The van der Waals surface area contributed by atoms with Gasteiger partial charge in [0.25, 0.3) is 5.91 Å². The van der Waals surface area contributed by atoms with Crippen molar-refractivity contribution in [3.05, 3.63) is 10.6 Å². The molecule has 1 atom stereocenters. The van der Waals surface area contributed by atoms with Crippen molar-refractivity contribution in [3.8, 4) is 0 Å². The third kappa shape index (κ3) is 3.13. The number of morpholine rings is 1. The van der Waals surface area contributed by atoms with Gasteiger partial charge in [-0.05, 0) is 11.5 Å². The molecule has 0 radical (unpaired) electrons. The fraction of sp³-hybridized carbons (Fsp3) is 0.667. The van der Waals surface area contributed by atoms with Crippen molar-refractivity contribution in [2.45, 2.75) is 32.3 Å². The first-order valence-electron chi connectivity index (χ1n) is 6.33. The zero-order valence-corrected chi connectivity index (χ0v) is 13.4. The number of hydrogen-bond acceptors (Lipinski definition) is 6. The molecule has 8 heteroatoms. The van der Waals surface area contributed by atoms with Crippen LogP contribution in [0.4, 0.5) is 0 Å². The Balaban J connectivity index is 2.20. The number of thiocarbonyl (C=S) groups is 1. The molecule has 20 heavy (non-hydrogen) atoms. The summed E-state index contributed by atoms with van der Waals surface area (Å²) in [6.07, 6.45) is -0.373. The molecule has 2 rings (SSSR count). The van der Waals surface area contributed by atoms with Gasteiger partial charge in [-0.2, -0.15) is 0 Å². The van der Waals surface area contributed by atoms with E-state index in [4.69, 9.17) is 22.7 Å². The highest BCUT2D eigenvalue weighted by atomic mass is 32.1. The number of aromatic nitrogens is 2. The quantitative estimate of drug-likeness (QED) is 0.819. The second-order valence-corrected chi connectivity index (χ2v) is 6.94. The first-order chi connectivity index (χ1) is 9.30. The van der Waals surface area contributed by atoms with Crippen LogP contribution in [-0.4, -0.2) is 51.2 Å². The van der Waals surface area contributed by atoms with Gasteiger partial charge in [0.2, 0.25) is 0 Å². The van der Waals surface area contributed by atoms with E-state index in [-0.39, 0.29) is 22.4 Å². The van der Waals surface area contributed by atoms with Crippen LogP contribution in [0.1, 0.15) is 36.1 Å². The van der Waals surface area contributed by atoms with Gasteiger partial charge >= 0.3 is 0 Å². The van der Waals surface area contributed by atoms with Crippen LogP contribution in [0.2, 0.25) is 0 Å². The molecular weight excluding hydrogens is 296 g/mol. The minimum absolute atomic E-state index is 0.0746. The summed E-state index contributed by atoms with van der Waals surface area (Å²) < 4.78 is 9.37. The Kier molecular flexibility index (Phi) is 4.36. The molecule has 2 heterocycles. The van der Waals surface area contributed by atoms with E-state index in [0.717, 1.165) is 17.2 Å². The molecule has 1 aromatic heterocycles. The highest BCUT2D eigenvalue weighted by Crippen LogP contribution is 2.27. The van der Waals surface area contributed by atoms with E-state index in [1.807, 2.05) is 20.8 Å². The molecule has 0 saturated carbocycles. The molecule has 0 aliphatic carbocycles. The number of carbonyl (C=O) groups is 1. The summed E-state index contributed by atoms with van der Waals surface area (Å²) in [5, 5.41) is 4.10. The smallest absolute Gasteiger partial charge is 0.267 e. The predicted octanol–water partition coefficient (Wildman–Crippen LogP) is 0.963. The standard InChI is InChI=1S/C12H18N4O2S2/c1-12(2,3)9-8(20-15-14-9)11(17)16-4-5-18-7(6-16)10(13)19/h7H,4-6H2,1-3H3,(H2,13,19). The number of nitrogens with two attached hydrogens (primary N) is 1. The van der Waals surface area contributed by atoms with Crippen molar-refractivity contribution in [3.63, 3.8) is 0 Å². The van der Waals surface area contributed by atoms with Crippen molar-refractivity contribution in [1.82, 2.24) is 14.5 Å². The molecule has 1 aliphatic heterocycles. The van der Waals surface area contributed by atoms with Gasteiger partial charge in [0, 0.05) is 12.0 Å². The van der Waals surface area contributed by atoms with Gasteiger partial charge in [0.15, 0.2) is 0 Å². The van der Waals surface area contributed by atoms with Gasteiger partial charge < -0.3 is 15.4 Å². The maximum atomic E-state index is 12.6. The van der Waals surface area contributed by atoms with Crippen molar-refractivity contribution in [2.75, 3.05) is 19.7 Å². The third-order valence-corrected chi connectivity index (χ3v) is 4.04. The van der Waals surface area contributed by atoms with E-state index >= 15 is 0 Å². The summed E-state index contributed by atoms with van der Waals surface area (Å²) in [5.74, 6) is -0.0746. The lowest BCUT2D eigenvalue weighted by molar-refractivity contribution is 0.00891. The van der Waals surface area contributed by atoms with Crippen molar-refractivity contribution >= 4 is 34.6 Å². The molecule has 0 aromatic carbocycles.